The number of aromatic hydroxyl groups is 1. The quantitative estimate of drug-likeness (QED) is 0.154. The molecule has 0 saturated carbocycles. The van der Waals surface area contributed by atoms with Crippen molar-refractivity contribution >= 4 is 11.0 Å². The number of pyridine rings is 1. The van der Waals surface area contributed by atoms with Gasteiger partial charge in [-0.25, -0.2) is 4.98 Å². The van der Waals surface area contributed by atoms with Crippen molar-refractivity contribution in [1.29, 1.82) is 0 Å². The summed E-state index contributed by atoms with van der Waals surface area (Å²) >= 11 is 0. The minimum Gasteiger partial charge on any atom is -0.507 e. The van der Waals surface area contributed by atoms with Crippen molar-refractivity contribution in [2.45, 2.75) is 118 Å². The van der Waals surface area contributed by atoms with Crippen LogP contribution in [-0.4, -0.2) is 19.6 Å². The van der Waals surface area contributed by atoms with Crippen molar-refractivity contribution in [1.82, 2.24) is 14.5 Å². The molecule has 0 aliphatic heterocycles. The summed E-state index contributed by atoms with van der Waals surface area (Å²) in [4.78, 5) is 10.5. The summed E-state index contributed by atoms with van der Waals surface area (Å²) < 4.78 is 20.4. The molecule has 0 bridgehead atoms. The maximum atomic E-state index is 12.4. The van der Waals surface area contributed by atoms with Gasteiger partial charge in [0.2, 0.25) is 0 Å². The number of benzene rings is 6. The molecular formula is C60H64N3OPt-. The van der Waals surface area contributed by atoms with Crippen LogP contribution in [0.2, 0.25) is 0 Å². The molecule has 0 aliphatic rings. The molecule has 5 heteroatoms. The van der Waals surface area contributed by atoms with E-state index < -0.39 is 11.8 Å². The minimum absolute atomic E-state index is 0. The number of nitrogens with zero attached hydrogens (tertiary/aromatic N) is 3. The van der Waals surface area contributed by atoms with Crippen LogP contribution < -0.4 is 0 Å². The zero-order valence-electron chi connectivity index (χ0n) is 42.3. The van der Waals surface area contributed by atoms with E-state index in [2.05, 4.69) is 170 Å². The molecule has 4 nitrogen and oxygen atoms in total. The van der Waals surface area contributed by atoms with Crippen LogP contribution >= 0.6 is 0 Å². The van der Waals surface area contributed by atoms with E-state index in [1.807, 2.05) is 64.2 Å². The molecule has 0 unspecified atom stereocenters. The third-order valence-corrected chi connectivity index (χ3v) is 12.4. The second-order valence-electron chi connectivity index (χ2n) is 20.9. The predicted octanol–water partition coefficient (Wildman–Crippen LogP) is 16.4. The van der Waals surface area contributed by atoms with E-state index in [0.717, 1.165) is 89.2 Å². The summed E-state index contributed by atoms with van der Waals surface area (Å²) in [5.74, 6) is -0.930. The molecule has 6 aromatic carbocycles. The van der Waals surface area contributed by atoms with Gasteiger partial charge in [-0.3, -0.25) is 9.55 Å². The molecule has 0 amide bonds. The molecule has 0 radical (unpaired) electrons. The van der Waals surface area contributed by atoms with Gasteiger partial charge in [0.05, 0.1) is 16.6 Å². The van der Waals surface area contributed by atoms with Crippen molar-refractivity contribution in [2.24, 2.45) is 0 Å². The molecular weight excluding hydrogens is 974 g/mol. The number of rotatable bonds is 8. The van der Waals surface area contributed by atoms with Crippen molar-refractivity contribution < 1.29 is 28.9 Å². The fraction of sp³-hybridized carbons (Fsp3) is 0.300. The molecule has 8 rings (SSSR count). The molecule has 0 aliphatic carbocycles. The van der Waals surface area contributed by atoms with Crippen LogP contribution in [0.4, 0.5) is 0 Å². The number of phenols is 1. The Morgan fingerprint density at radius 2 is 1.18 bits per heavy atom. The molecule has 0 atom stereocenters. The summed E-state index contributed by atoms with van der Waals surface area (Å²) in [6, 6.07) is 47.8. The topological polar surface area (TPSA) is 50.9 Å². The van der Waals surface area contributed by atoms with E-state index >= 15 is 0 Å². The van der Waals surface area contributed by atoms with Crippen molar-refractivity contribution in [3.8, 4) is 67.5 Å². The first kappa shape index (κ1) is 44.6. The monoisotopic (exact) mass is 1040 g/mol. The van der Waals surface area contributed by atoms with Crippen LogP contribution in [0.1, 0.15) is 132 Å². The van der Waals surface area contributed by atoms with Crippen molar-refractivity contribution in [3.05, 3.63) is 167 Å². The summed E-state index contributed by atoms with van der Waals surface area (Å²) in [5, 5.41) is 12.4. The number of para-hydroxylation sites is 1. The molecule has 2 heterocycles. The Balaban J connectivity index is 0.00000666. The summed E-state index contributed by atoms with van der Waals surface area (Å²) in [6.07, 6.45) is 1.87. The SMILES string of the molecule is [2H]C(C)(C)c1cccc(C([2H])(C)C)c1-c1ccc(-n2c(-c3cc(C(C)(C)C)cc(C(C)(C)C)c3O)nc3c(-c4[c-]c(-c5cc(-c6ccccc6)ccn5)cc(C(C)(C)C)c4)cccc32)cc1.[Pt]. The maximum Gasteiger partial charge on any atom is 0.148 e. The first-order chi connectivity index (χ1) is 30.8. The number of hydrogen-bond acceptors (Lipinski definition) is 3. The Bertz CT molecular complexity index is 3070. The fourth-order valence-electron chi connectivity index (χ4n) is 8.72. The van der Waals surface area contributed by atoms with E-state index in [4.69, 9.17) is 12.7 Å². The van der Waals surface area contributed by atoms with Crippen LogP contribution in [0.25, 0.3) is 72.7 Å². The number of phenolic OH excluding ortho intramolecular Hbond substituents is 1. The fourth-order valence-corrected chi connectivity index (χ4v) is 8.72. The van der Waals surface area contributed by atoms with Gasteiger partial charge in [0.15, 0.2) is 0 Å². The third-order valence-electron chi connectivity index (χ3n) is 12.4. The van der Waals surface area contributed by atoms with Crippen LogP contribution in [0, 0.1) is 6.07 Å². The number of aromatic nitrogens is 3. The molecule has 0 spiro atoms. The number of hydrogen-bond donors (Lipinski definition) is 1. The molecule has 8 aromatic rings. The first-order valence-electron chi connectivity index (χ1n) is 23.6. The van der Waals surface area contributed by atoms with Crippen molar-refractivity contribution in [2.75, 3.05) is 0 Å². The van der Waals surface area contributed by atoms with E-state index in [1.54, 1.807) is 0 Å². The number of fused-ring (bicyclic) bond motifs is 1. The Kier molecular flexibility index (Phi) is 12.4. The van der Waals surface area contributed by atoms with E-state index in [9.17, 15) is 5.11 Å². The normalized spacial score (nSPS) is 13.1. The largest absolute Gasteiger partial charge is 0.507 e. The minimum atomic E-state index is -0.887. The standard InChI is InChI=1S/C60H64N3O.Pt/c1-37(2)47-21-17-22-48(38(3)4)54(47)40-25-27-46(28-26-40)63-53-24-18-23-49(55(53)62-57(63)50-35-45(59(8,9)10)36-51(56(50)64)60(11,12)13)42-31-43(33-44(32-42)58(5,6)7)52-34-41(29-30-61-52)39-19-15-14-16-20-39;/h14-30,32-38,64H,1-13H3;/q-1;/i37D,38D;. The summed E-state index contributed by atoms with van der Waals surface area (Å²) in [5.41, 5.74) is 15.0. The Morgan fingerprint density at radius 1 is 0.585 bits per heavy atom. The molecule has 0 fully saturated rings. The Morgan fingerprint density at radius 3 is 1.78 bits per heavy atom. The van der Waals surface area contributed by atoms with Crippen LogP contribution in [0.5, 0.6) is 5.75 Å². The van der Waals surface area contributed by atoms with E-state index in [-0.39, 0.29) is 43.1 Å². The predicted molar refractivity (Wildman–Crippen MR) is 271 cm³/mol. The maximum absolute atomic E-state index is 12.4. The average Bonchev–Trinajstić information content (AvgIpc) is 3.64. The van der Waals surface area contributed by atoms with Crippen molar-refractivity contribution in [3.63, 3.8) is 0 Å². The Hall–Kier alpha value is -5.57. The van der Waals surface area contributed by atoms with Crippen LogP contribution in [-0.2, 0) is 37.3 Å². The summed E-state index contributed by atoms with van der Waals surface area (Å²) in [6.45, 7) is 27.4. The van der Waals surface area contributed by atoms with Gasteiger partial charge in [-0.1, -0.05) is 186 Å². The zero-order chi connectivity index (χ0) is 47.7. The van der Waals surface area contributed by atoms with Gasteiger partial charge in [0.25, 0.3) is 0 Å². The molecule has 0 saturated heterocycles. The van der Waals surface area contributed by atoms with Gasteiger partial charge in [0, 0.05) is 46.9 Å². The van der Waals surface area contributed by atoms with E-state index in [0.29, 0.717) is 11.4 Å². The summed E-state index contributed by atoms with van der Waals surface area (Å²) in [7, 11) is 0. The third kappa shape index (κ3) is 9.43. The van der Waals surface area contributed by atoms with Gasteiger partial charge < -0.3 is 5.11 Å². The molecule has 336 valence electrons. The second-order valence-corrected chi connectivity index (χ2v) is 20.9. The zero-order valence-corrected chi connectivity index (χ0v) is 42.6. The van der Waals surface area contributed by atoms with Gasteiger partial charge in [-0.15, -0.1) is 29.3 Å². The van der Waals surface area contributed by atoms with Gasteiger partial charge in [0.1, 0.15) is 11.6 Å². The van der Waals surface area contributed by atoms with Gasteiger partial charge in [-0.2, -0.15) is 0 Å². The first-order valence-corrected chi connectivity index (χ1v) is 22.6. The van der Waals surface area contributed by atoms with Gasteiger partial charge >= 0.3 is 0 Å². The van der Waals surface area contributed by atoms with E-state index in [1.165, 1.54) is 0 Å². The Labute approximate surface area is 405 Å². The van der Waals surface area contributed by atoms with Crippen LogP contribution in [0.3, 0.4) is 0 Å². The molecule has 65 heavy (non-hydrogen) atoms. The smallest absolute Gasteiger partial charge is 0.148 e. The van der Waals surface area contributed by atoms with Crippen LogP contribution in [0.15, 0.2) is 134 Å². The molecule has 2 aromatic heterocycles. The second kappa shape index (κ2) is 18.0. The molecule has 1 N–H and O–H groups in total. The average molecular weight is 1040 g/mol. The number of imidazole rings is 1. The van der Waals surface area contributed by atoms with Gasteiger partial charge in [-0.05, 0) is 97.3 Å².